The summed E-state index contributed by atoms with van der Waals surface area (Å²) in [5.74, 6) is 3.05. The predicted octanol–water partition coefficient (Wildman–Crippen LogP) is 1.70. The van der Waals surface area contributed by atoms with Crippen LogP contribution in [0, 0.1) is 0 Å². The summed E-state index contributed by atoms with van der Waals surface area (Å²) < 4.78 is 10.7. The summed E-state index contributed by atoms with van der Waals surface area (Å²) in [6.45, 7) is 4.34. The molecule has 1 fully saturated rings. The van der Waals surface area contributed by atoms with Gasteiger partial charge in [0.15, 0.2) is 11.5 Å². The Labute approximate surface area is 134 Å². The third kappa shape index (κ3) is 3.00. The van der Waals surface area contributed by atoms with Gasteiger partial charge < -0.3 is 24.6 Å². The van der Waals surface area contributed by atoms with E-state index < -0.39 is 0 Å². The second-order valence-corrected chi connectivity index (χ2v) is 5.72. The largest absolute Gasteiger partial charge is 0.454 e. The maximum absolute atomic E-state index is 5.39. The highest BCUT2D eigenvalue weighted by molar-refractivity contribution is 5.61. The summed E-state index contributed by atoms with van der Waals surface area (Å²) in [5.41, 5.74) is 0.879. The van der Waals surface area contributed by atoms with Crippen LogP contribution in [0.5, 0.6) is 11.5 Å². The molecule has 3 heterocycles. The molecule has 1 saturated heterocycles. The van der Waals surface area contributed by atoms with Crippen LogP contribution in [0.25, 0.3) is 0 Å². The SMILES string of the molecule is CN1CCN(c2ccnc(Nc3ccc4c(c3)OCO4)n2)CC1. The van der Waals surface area contributed by atoms with Gasteiger partial charge >= 0.3 is 0 Å². The number of fused-ring (bicyclic) bond motifs is 1. The summed E-state index contributed by atoms with van der Waals surface area (Å²) in [5, 5.41) is 3.23. The van der Waals surface area contributed by atoms with E-state index in [1.165, 1.54) is 0 Å². The van der Waals surface area contributed by atoms with Gasteiger partial charge in [0.25, 0.3) is 0 Å². The lowest BCUT2D eigenvalue weighted by Crippen LogP contribution is -2.44. The van der Waals surface area contributed by atoms with E-state index in [0.29, 0.717) is 5.95 Å². The molecule has 1 aromatic carbocycles. The molecule has 0 atom stereocenters. The van der Waals surface area contributed by atoms with Crippen molar-refractivity contribution in [3.8, 4) is 11.5 Å². The lowest BCUT2D eigenvalue weighted by atomic mass is 10.3. The average molecular weight is 313 g/mol. The van der Waals surface area contributed by atoms with E-state index in [1.807, 2.05) is 24.3 Å². The molecular weight excluding hydrogens is 294 g/mol. The Morgan fingerprint density at radius 3 is 2.74 bits per heavy atom. The maximum atomic E-state index is 5.39. The minimum Gasteiger partial charge on any atom is -0.454 e. The van der Waals surface area contributed by atoms with Crippen LogP contribution < -0.4 is 19.7 Å². The minimum absolute atomic E-state index is 0.272. The van der Waals surface area contributed by atoms with Crippen molar-refractivity contribution in [2.45, 2.75) is 0 Å². The smallest absolute Gasteiger partial charge is 0.231 e. The molecule has 0 bridgehead atoms. The molecule has 7 heteroatoms. The van der Waals surface area contributed by atoms with Gasteiger partial charge in [-0.15, -0.1) is 0 Å². The molecule has 0 amide bonds. The van der Waals surface area contributed by atoms with E-state index in [2.05, 4.69) is 32.1 Å². The Hall–Kier alpha value is -2.54. The molecule has 2 aromatic rings. The Balaban J connectivity index is 1.50. The topological polar surface area (TPSA) is 62.8 Å². The van der Waals surface area contributed by atoms with Gasteiger partial charge in [-0.25, -0.2) is 4.98 Å². The van der Waals surface area contributed by atoms with E-state index in [4.69, 9.17) is 9.47 Å². The van der Waals surface area contributed by atoms with Crippen LogP contribution in [-0.4, -0.2) is 54.9 Å². The van der Waals surface area contributed by atoms with E-state index in [9.17, 15) is 0 Å². The summed E-state index contributed by atoms with van der Waals surface area (Å²) >= 11 is 0. The second-order valence-electron chi connectivity index (χ2n) is 5.72. The highest BCUT2D eigenvalue weighted by Gasteiger charge is 2.16. The van der Waals surface area contributed by atoms with Gasteiger partial charge in [0.05, 0.1) is 0 Å². The van der Waals surface area contributed by atoms with Crippen LogP contribution in [0.2, 0.25) is 0 Å². The molecule has 0 unspecified atom stereocenters. The molecule has 1 aromatic heterocycles. The first-order valence-electron chi connectivity index (χ1n) is 7.71. The highest BCUT2D eigenvalue weighted by Crippen LogP contribution is 2.34. The molecule has 4 rings (SSSR count). The average Bonchev–Trinajstić information content (AvgIpc) is 3.03. The highest BCUT2D eigenvalue weighted by atomic mass is 16.7. The summed E-state index contributed by atoms with van der Waals surface area (Å²) in [6.07, 6.45) is 1.79. The van der Waals surface area contributed by atoms with Crippen molar-refractivity contribution in [3.63, 3.8) is 0 Å². The molecule has 0 spiro atoms. The Bertz CT molecular complexity index is 701. The van der Waals surface area contributed by atoms with Crippen molar-refractivity contribution in [2.24, 2.45) is 0 Å². The van der Waals surface area contributed by atoms with Crippen LogP contribution in [0.15, 0.2) is 30.5 Å². The zero-order chi connectivity index (χ0) is 15.6. The number of benzene rings is 1. The standard InChI is InChI=1S/C16H19N5O2/c1-20-6-8-21(9-7-20)15-4-5-17-16(19-15)18-12-2-3-13-14(10-12)23-11-22-13/h2-5,10H,6-9,11H2,1H3,(H,17,18,19). The van der Waals surface area contributed by atoms with Crippen LogP contribution in [0.3, 0.4) is 0 Å². The number of aromatic nitrogens is 2. The fourth-order valence-corrected chi connectivity index (χ4v) is 2.72. The number of likely N-dealkylation sites (N-methyl/N-ethyl adjacent to an activating group) is 1. The van der Waals surface area contributed by atoms with E-state index in [1.54, 1.807) is 6.20 Å². The number of nitrogens with one attached hydrogen (secondary N) is 1. The van der Waals surface area contributed by atoms with Gasteiger partial charge in [0, 0.05) is 44.1 Å². The molecule has 0 aliphatic carbocycles. The summed E-state index contributed by atoms with van der Waals surface area (Å²) in [6, 6.07) is 7.67. The van der Waals surface area contributed by atoms with Gasteiger partial charge in [-0.05, 0) is 25.2 Å². The monoisotopic (exact) mass is 313 g/mol. The van der Waals surface area contributed by atoms with Crippen molar-refractivity contribution >= 4 is 17.5 Å². The summed E-state index contributed by atoms with van der Waals surface area (Å²) in [7, 11) is 2.14. The first-order chi connectivity index (χ1) is 11.3. The number of nitrogens with zero attached hydrogens (tertiary/aromatic N) is 4. The number of anilines is 3. The molecule has 23 heavy (non-hydrogen) atoms. The Morgan fingerprint density at radius 2 is 1.87 bits per heavy atom. The Morgan fingerprint density at radius 1 is 1.04 bits per heavy atom. The Kier molecular flexibility index (Phi) is 3.63. The fourth-order valence-electron chi connectivity index (χ4n) is 2.72. The van der Waals surface area contributed by atoms with Crippen LogP contribution in [0.1, 0.15) is 0 Å². The van der Waals surface area contributed by atoms with Gasteiger partial charge in [0.2, 0.25) is 12.7 Å². The third-order valence-corrected chi connectivity index (χ3v) is 4.10. The molecule has 120 valence electrons. The predicted molar refractivity (Wildman–Crippen MR) is 87.6 cm³/mol. The zero-order valence-corrected chi connectivity index (χ0v) is 13.0. The molecule has 1 N–H and O–H groups in total. The molecule has 0 radical (unpaired) electrons. The normalized spacial score (nSPS) is 17.3. The van der Waals surface area contributed by atoms with Crippen molar-refractivity contribution in [3.05, 3.63) is 30.5 Å². The number of piperazine rings is 1. The number of ether oxygens (including phenoxy) is 2. The van der Waals surface area contributed by atoms with Crippen LogP contribution in [0.4, 0.5) is 17.5 Å². The van der Waals surface area contributed by atoms with E-state index >= 15 is 0 Å². The van der Waals surface area contributed by atoms with Crippen LogP contribution >= 0.6 is 0 Å². The fraction of sp³-hybridized carbons (Fsp3) is 0.375. The first kappa shape index (κ1) is 14.1. The van der Waals surface area contributed by atoms with Crippen LogP contribution in [-0.2, 0) is 0 Å². The van der Waals surface area contributed by atoms with Gasteiger partial charge in [-0.1, -0.05) is 0 Å². The van der Waals surface area contributed by atoms with Gasteiger partial charge in [-0.3, -0.25) is 0 Å². The number of hydrogen-bond acceptors (Lipinski definition) is 7. The lowest BCUT2D eigenvalue weighted by Gasteiger charge is -2.33. The minimum atomic E-state index is 0.272. The summed E-state index contributed by atoms with van der Waals surface area (Å²) in [4.78, 5) is 13.5. The maximum Gasteiger partial charge on any atom is 0.231 e. The number of rotatable bonds is 3. The molecule has 2 aliphatic heterocycles. The first-order valence-corrected chi connectivity index (χ1v) is 7.71. The third-order valence-electron chi connectivity index (χ3n) is 4.10. The second kappa shape index (κ2) is 5.92. The van der Waals surface area contributed by atoms with Gasteiger partial charge in [-0.2, -0.15) is 4.98 Å². The van der Waals surface area contributed by atoms with Gasteiger partial charge in [0.1, 0.15) is 5.82 Å². The van der Waals surface area contributed by atoms with Crippen molar-refractivity contribution in [2.75, 3.05) is 50.2 Å². The molecule has 2 aliphatic rings. The quantitative estimate of drug-likeness (QED) is 0.925. The molecular formula is C16H19N5O2. The zero-order valence-electron chi connectivity index (χ0n) is 13.0. The lowest BCUT2D eigenvalue weighted by molar-refractivity contribution is 0.174. The molecule has 7 nitrogen and oxygen atoms in total. The van der Waals surface area contributed by atoms with E-state index in [-0.39, 0.29) is 6.79 Å². The van der Waals surface area contributed by atoms with Crippen molar-refractivity contribution in [1.82, 2.24) is 14.9 Å². The van der Waals surface area contributed by atoms with E-state index in [0.717, 1.165) is 49.2 Å². The van der Waals surface area contributed by atoms with Crippen molar-refractivity contribution < 1.29 is 9.47 Å². The number of hydrogen-bond donors (Lipinski definition) is 1. The molecule has 0 saturated carbocycles. The van der Waals surface area contributed by atoms with Crippen molar-refractivity contribution in [1.29, 1.82) is 0 Å².